The Kier molecular flexibility index (Phi) is 10.6. The topological polar surface area (TPSA) is 75.1 Å². The maximum absolute atomic E-state index is 12.2. The van der Waals surface area contributed by atoms with Crippen LogP contribution in [0.15, 0.2) is 47.5 Å². The van der Waals surface area contributed by atoms with Crippen LogP contribution in [0.2, 0.25) is 0 Å². The summed E-state index contributed by atoms with van der Waals surface area (Å²) in [7, 11) is 1.48. The average Bonchev–Trinajstić information content (AvgIpc) is 2.69. The zero-order valence-corrected chi connectivity index (χ0v) is 19.0. The van der Waals surface area contributed by atoms with Gasteiger partial charge in [0, 0.05) is 18.7 Å². The van der Waals surface area contributed by atoms with Gasteiger partial charge in [0.2, 0.25) is 0 Å². The zero-order valence-electron chi connectivity index (χ0n) is 16.6. The molecule has 0 aliphatic carbocycles. The molecule has 2 rings (SSSR count). The van der Waals surface area contributed by atoms with Gasteiger partial charge in [-0.25, -0.2) is 4.99 Å². The molecule has 0 bridgehead atoms. The standard InChI is InChI=1S/C20H24F3N3O3.HI/c1-3-24-19(26-12-15-5-4-6-17(28-2)18(15)27)25-11-14-7-9-16(10-8-14)29-13-20(21,22)23;/h4-10,27H,3,11-13H2,1-2H3,(H2,24,25,26);1H. The number of hydrogen-bond donors (Lipinski definition) is 3. The fraction of sp³-hybridized carbons (Fsp3) is 0.350. The van der Waals surface area contributed by atoms with Crippen molar-refractivity contribution in [2.45, 2.75) is 26.2 Å². The Hall–Kier alpha value is -2.37. The Morgan fingerprint density at radius 2 is 1.80 bits per heavy atom. The van der Waals surface area contributed by atoms with Crippen molar-refractivity contribution < 1.29 is 27.8 Å². The molecule has 0 aliphatic heterocycles. The fourth-order valence-electron chi connectivity index (χ4n) is 2.42. The molecule has 0 unspecified atom stereocenters. The molecule has 0 aromatic heterocycles. The lowest BCUT2D eigenvalue weighted by Crippen LogP contribution is -2.36. The van der Waals surface area contributed by atoms with Crippen LogP contribution >= 0.6 is 24.0 Å². The number of ether oxygens (including phenoxy) is 2. The summed E-state index contributed by atoms with van der Waals surface area (Å²) in [4.78, 5) is 4.45. The van der Waals surface area contributed by atoms with Crippen molar-refractivity contribution >= 4 is 29.9 Å². The molecule has 2 aromatic rings. The molecule has 3 N–H and O–H groups in total. The van der Waals surface area contributed by atoms with Crippen LogP contribution in [0.1, 0.15) is 18.1 Å². The van der Waals surface area contributed by atoms with Crippen molar-refractivity contribution in [3.05, 3.63) is 53.6 Å². The molecule has 10 heteroatoms. The third-order valence-corrected chi connectivity index (χ3v) is 3.84. The third-order valence-electron chi connectivity index (χ3n) is 3.84. The summed E-state index contributed by atoms with van der Waals surface area (Å²) >= 11 is 0. The molecule has 0 saturated heterocycles. The molecule has 0 heterocycles. The Bertz CT molecular complexity index is 815. The summed E-state index contributed by atoms with van der Waals surface area (Å²) in [5.41, 5.74) is 1.46. The van der Waals surface area contributed by atoms with E-state index in [-0.39, 0.29) is 35.5 Å². The monoisotopic (exact) mass is 539 g/mol. The molecule has 2 aromatic carbocycles. The first-order valence-electron chi connectivity index (χ1n) is 8.98. The van der Waals surface area contributed by atoms with E-state index in [2.05, 4.69) is 20.4 Å². The molecule has 0 radical (unpaired) electrons. The summed E-state index contributed by atoms with van der Waals surface area (Å²) in [5.74, 6) is 1.13. The summed E-state index contributed by atoms with van der Waals surface area (Å²) in [6, 6.07) is 11.5. The summed E-state index contributed by atoms with van der Waals surface area (Å²) < 4.78 is 46.3. The van der Waals surface area contributed by atoms with Gasteiger partial charge in [-0.05, 0) is 30.7 Å². The lowest BCUT2D eigenvalue weighted by molar-refractivity contribution is -0.153. The predicted octanol–water partition coefficient (Wildman–Crippen LogP) is 4.22. The van der Waals surface area contributed by atoms with Crippen LogP contribution in [0.3, 0.4) is 0 Å². The van der Waals surface area contributed by atoms with Gasteiger partial charge in [-0.2, -0.15) is 13.2 Å². The van der Waals surface area contributed by atoms with Crippen LogP contribution in [-0.2, 0) is 13.1 Å². The SMILES string of the molecule is CCNC(=NCc1ccc(OCC(F)(F)F)cc1)NCc1cccc(OC)c1O.I. The van der Waals surface area contributed by atoms with Crippen LogP contribution in [0.25, 0.3) is 0 Å². The number of guanidine groups is 1. The van der Waals surface area contributed by atoms with Crippen molar-refractivity contribution in [1.82, 2.24) is 10.6 Å². The molecule has 0 spiro atoms. The largest absolute Gasteiger partial charge is 0.504 e. The molecular formula is C20H25F3IN3O3. The highest BCUT2D eigenvalue weighted by atomic mass is 127. The molecule has 30 heavy (non-hydrogen) atoms. The van der Waals surface area contributed by atoms with E-state index >= 15 is 0 Å². The fourth-order valence-corrected chi connectivity index (χ4v) is 2.42. The van der Waals surface area contributed by atoms with Crippen molar-refractivity contribution in [1.29, 1.82) is 0 Å². The lowest BCUT2D eigenvalue weighted by atomic mass is 10.2. The first kappa shape index (κ1) is 25.7. The number of halogens is 4. The maximum Gasteiger partial charge on any atom is 0.422 e. The number of para-hydroxylation sites is 1. The van der Waals surface area contributed by atoms with E-state index in [9.17, 15) is 18.3 Å². The van der Waals surface area contributed by atoms with E-state index in [0.717, 1.165) is 5.56 Å². The normalized spacial score (nSPS) is 11.4. The number of aromatic hydroxyl groups is 1. The molecular weight excluding hydrogens is 514 g/mol. The molecule has 0 atom stereocenters. The second kappa shape index (κ2) is 12.4. The van der Waals surface area contributed by atoms with Gasteiger partial charge in [-0.3, -0.25) is 0 Å². The first-order chi connectivity index (χ1) is 13.8. The van der Waals surface area contributed by atoms with Gasteiger partial charge < -0.3 is 25.2 Å². The van der Waals surface area contributed by atoms with Crippen LogP contribution in [0.4, 0.5) is 13.2 Å². The molecule has 0 fully saturated rings. The van der Waals surface area contributed by atoms with Crippen molar-refractivity contribution in [2.75, 3.05) is 20.3 Å². The molecule has 166 valence electrons. The third kappa shape index (κ3) is 8.56. The van der Waals surface area contributed by atoms with Gasteiger partial charge in [-0.15, -0.1) is 24.0 Å². The van der Waals surface area contributed by atoms with E-state index in [1.54, 1.807) is 30.3 Å². The van der Waals surface area contributed by atoms with E-state index in [1.807, 2.05) is 6.92 Å². The summed E-state index contributed by atoms with van der Waals surface area (Å²) in [6.45, 7) is 1.89. The number of alkyl halides is 3. The van der Waals surface area contributed by atoms with Crippen LogP contribution in [0.5, 0.6) is 17.2 Å². The second-order valence-electron chi connectivity index (χ2n) is 6.06. The molecule has 6 nitrogen and oxygen atoms in total. The molecule has 0 aliphatic rings. The van der Waals surface area contributed by atoms with Crippen molar-refractivity contribution in [2.24, 2.45) is 4.99 Å². The van der Waals surface area contributed by atoms with Crippen LogP contribution < -0.4 is 20.1 Å². The predicted molar refractivity (Wildman–Crippen MR) is 120 cm³/mol. The second-order valence-corrected chi connectivity index (χ2v) is 6.06. The number of nitrogens with zero attached hydrogens (tertiary/aromatic N) is 1. The molecule has 0 amide bonds. The number of rotatable bonds is 8. The van der Waals surface area contributed by atoms with Gasteiger partial charge in [0.1, 0.15) is 5.75 Å². The number of nitrogens with one attached hydrogen (secondary N) is 2. The van der Waals surface area contributed by atoms with E-state index < -0.39 is 12.8 Å². The van der Waals surface area contributed by atoms with E-state index in [0.29, 0.717) is 36.9 Å². The number of aliphatic imine (C=N–C) groups is 1. The summed E-state index contributed by atoms with van der Waals surface area (Å²) in [5, 5.41) is 16.4. The van der Waals surface area contributed by atoms with E-state index in [1.165, 1.54) is 19.2 Å². The van der Waals surface area contributed by atoms with Gasteiger partial charge in [0.15, 0.2) is 24.1 Å². The Labute approximate surface area is 190 Å². The van der Waals surface area contributed by atoms with Gasteiger partial charge >= 0.3 is 6.18 Å². The van der Waals surface area contributed by atoms with Gasteiger partial charge in [-0.1, -0.05) is 24.3 Å². The summed E-state index contributed by atoms with van der Waals surface area (Å²) in [6.07, 6.45) is -4.37. The average molecular weight is 539 g/mol. The molecule has 0 saturated carbocycles. The minimum Gasteiger partial charge on any atom is -0.504 e. The Balaban J connectivity index is 0.00000450. The first-order valence-corrected chi connectivity index (χ1v) is 8.98. The zero-order chi connectivity index (χ0) is 21.3. The minimum absolute atomic E-state index is 0. The number of phenols is 1. The Morgan fingerprint density at radius 3 is 2.40 bits per heavy atom. The van der Waals surface area contributed by atoms with Gasteiger partial charge in [0.25, 0.3) is 0 Å². The van der Waals surface area contributed by atoms with Crippen LogP contribution in [0, 0.1) is 0 Å². The highest BCUT2D eigenvalue weighted by molar-refractivity contribution is 14.0. The van der Waals surface area contributed by atoms with Crippen molar-refractivity contribution in [3.63, 3.8) is 0 Å². The highest BCUT2D eigenvalue weighted by Gasteiger charge is 2.28. The van der Waals surface area contributed by atoms with Gasteiger partial charge in [0.05, 0.1) is 13.7 Å². The smallest absolute Gasteiger partial charge is 0.422 e. The highest BCUT2D eigenvalue weighted by Crippen LogP contribution is 2.29. The minimum atomic E-state index is -4.37. The van der Waals surface area contributed by atoms with Crippen molar-refractivity contribution in [3.8, 4) is 17.2 Å². The maximum atomic E-state index is 12.2. The lowest BCUT2D eigenvalue weighted by Gasteiger charge is -2.13. The van der Waals surface area contributed by atoms with Crippen LogP contribution in [-0.4, -0.2) is 37.5 Å². The number of phenolic OH excluding ortho intramolecular Hbond substituents is 1. The van der Waals surface area contributed by atoms with E-state index in [4.69, 9.17) is 4.74 Å². The quantitative estimate of drug-likeness (QED) is 0.266. The number of methoxy groups -OCH3 is 1. The Morgan fingerprint density at radius 1 is 1.10 bits per heavy atom. The number of hydrogen-bond acceptors (Lipinski definition) is 4. The number of benzene rings is 2.